The fourth-order valence-electron chi connectivity index (χ4n) is 3.17. The van der Waals surface area contributed by atoms with Gasteiger partial charge in [-0.2, -0.15) is 0 Å². The van der Waals surface area contributed by atoms with Crippen LogP contribution in [0.5, 0.6) is 0 Å². The van der Waals surface area contributed by atoms with Crippen LogP contribution in [0, 0.1) is 11.3 Å². The molecule has 1 fully saturated rings. The Labute approximate surface area is 97.2 Å². The Morgan fingerprint density at radius 1 is 1.69 bits per heavy atom. The molecule has 0 aliphatic heterocycles. The summed E-state index contributed by atoms with van der Waals surface area (Å²) >= 11 is 0. The molecule has 0 saturated heterocycles. The summed E-state index contributed by atoms with van der Waals surface area (Å²) in [5.41, 5.74) is 2.03. The highest BCUT2D eigenvalue weighted by Gasteiger charge is 2.49. The number of hydrogen-bond donors (Lipinski definition) is 1. The van der Waals surface area contributed by atoms with E-state index in [2.05, 4.69) is 18.3 Å². The maximum Gasteiger partial charge on any atom is 0.207 e. The van der Waals surface area contributed by atoms with Crippen molar-refractivity contribution in [1.29, 1.82) is 0 Å². The van der Waals surface area contributed by atoms with Gasteiger partial charge in [-0.15, -0.1) is 0 Å². The summed E-state index contributed by atoms with van der Waals surface area (Å²) in [5.74, 6) is 0.819. The highest BCUT2D eigenvalue weighted by molar-refractivity contribution is 5.45. The van der Waals surface area contributed by atoms with Crippen molar-refractivity contribution in [3.63, 3.8) is 0 Å². The first kappa shape index (κ1) is 11.6. The number of carbonyl (C=O) groups excluding carboxylic acids is 1. The molecule has 1 saturated carbocycles. The zero-order valence-corrected chi connectivity index (χ0v) is 10.00. The van der Waals surface area contributed by atoms with Gasteiger partial charge in [-0.1, -0.05) is 18.6 Å². The number of amides is 1. The van der Waals surface area contributed by atoms with Crippen molar-refractivity contribution in [2.24, 2.45) is 11.3 Å². The van der Waals surface area contributed by atoms with E-state index < -0.39 is 0 Å². The SMILES string of the molecule is CCC1CC2(COCCNC=O)CCC=C12. The topological polar surface area (TPSA) is 38.3 Å². The van der Waals surface area contributed by atoms with E-state index in [0.29, 0.717) is 18.6 Å². The molecule has 0 aromatic carbocycles. The number of hydrogen-bond acceptors (Lipinski definition) is 2. The average Bonchev–Trinajstić information content (AvgIpc) is 2.59. The number of rotatable bonds is 7. The lowest BCUT2D eigenvalue weighted by atomic mass is 9.58. The lowest BCUT2D eigenvalue weighted by Crippen LogP contribution is -2.42. The zero-order chi connectivity index (χ0) is 11.4. The standard InChI is InChI=1S/C13H21NO2/c1-2-11-8-13(5-3-4-12(11)13)9-16-7-6-14-10-15/h4,10-11H,2-3,5-9H2,1H3,(H,14,15). The van der Waals surface area contributed by atoms with Gasteiger partial charge in [-0.25, -0.2) is 0 Å². The van der Waals surface area contributed by atoms with E-state index in [4.69, 9.17) is 4.74 Å². The highest BCUT2D eigenvalue weighted by Crippen LogP contribution is 2.58. The van der Waals surface area contributed by atoms with Gasteiger partial charge in [0.2, 0.25) is 6.41 Å². The predicted octanol–water partition coefficient (Wildman–Crippen LogP) is 1.89. The minimum atomic E-state index is 0.377. The Morgan fingerprint density at radius 2 is 2.56 bits per heavy atom. The van der Waals surface area contributed by atoms with Crippen LogP contribution in [0.15, 0.2) is 11.6 Å². The fraction of sp³-hybridized carbons (Fsp3) is 0.769. The Bertz CT molecular complexity index is 288. The van der Waals surface area contributed by atoms with Gasteiger partial charge < -0.3 is 10.1 Å². The van der Waals surface area contributed by atoms with Gasteiger partial charge in [0.05, 0.1) is 13.2 Å². The lowest BCUT2D eigenvalue weighted by Gasteiger charge is -2.48. The normalized spacial score (nSPS) is 31.6. The van der Waals surface area contributed by atoms with Crippen LogP contribution in [0.25, 0.3) is 0 Å². The van der Waals surface area contributed by atoms with Crippen LogP contribution in [0.3, 0.4) is 0 Å². The van der Waals surface area contributed by atoms with Crippen molar-refractivity contribution in [2.75, 3.05) is 19.8 Å². The molecule has 2 atom stereocenters. The molecule has 0 aromatic rings. The van der Waals surface area contributed by atoms with Gasteiger partial charge in [0.15, 0.2) is 0 Å². The second-order valence-corrected chi connectivity index (χ2v) is 4.91. The van der Waals surface area contributed by atoms with Crippen LogP contribution in [0.2, 0.25) is 0 Å². The Hall–Kier alpha value is -0.830. The van der Waals surface area contributed by atoms with Gasteiger partial charge in [0.1, 0.15) is 0 Å². The van der Waals surface area contributed by atoms with E-state index in [9.17, 15) is 4.79 Å². The largest absolute Gasteiger partial charge is 0.379 e. The predicted molar refractivity (Wildman–Crippen MR) is 63.0 cm³/mol. The maximum absolute atomic E-state index is 10.1. The van der Waals surface area contributed by atoms with E-state index in [-0.39, 0.29) is 0 Å². The van der Waals surface area contributed by atoms with Crippen LogP contribution >= 0.6 is 0 Å². The molecule has 2 aliphatic carbocycles. The van der Waals surface area contributed by atoms with Gasteiger partial charge in [-0.05, 0) is 31.6 Å². The Balaban J connectivity index is 1.74. The van der Waals surface area contributed by atoms with E-state index in [1.54, 1.807) is 5.57 Å². The van der Waals surface area contributed by atoms with Crippen molar-refractivity contribution < 1.29 is 9.53 Å². The van der Waals surface area contributed by atoms with Gasteiger partial charge in [0.25, 0.3) is 0 Å². The molecule has 0 heterocycles. The second-order valence-electron chi connectivity index (χ2n) is 4.91. The van der Waals surface area contributed by atoms with Crippen molar-refractivity contribution in [1.82, 2.24) is 5.32 Å². The van der Waals surface area contributed by atoms with Crippen molar-refractivity contribution >= 4 is 6.41 Å². The number of carbonyl (C=O) groups is 1. The highest BCUT2D eigenvalue weighted by atomic mass is 16.5. The summed E-state index contributed by atoms with van der Waals surface area (Å²) in [5, 5.41) is 2.62. The monoisotopic (exact) mass is 223 g/mol. The minimum Gasteiger partial charge on any atom is -0.379 e. The first-order valence-corrected chi connectivity index (χ1v) is 6.28. The molecule has 2 unspecified atom stereocenters. The maximum atomic E-state index is 10.1. The van der Waals surface area contributed by atoms with E-state index >= 15 is 0 Å². The Kier molecular flexibility index (Phi) is 3.64. The Morgan fingerprint density at radius 3 is 3.31 bits per heavy atom. The van der Waals surface area contributed by atoms with Gasteiger partial charge in [0, 0.05) is 12.0 Å². The molecule has 16 heavy (non-hydrogen) atoms. The van der Waals surface area contributed by atoms with Crippen LogP contribution in [-0.4, -0.2) is 26.2 Å². The van der Waals surface area contributed by atoms with Gasteiger partial charge >= 0.3 is 0 Å². The molecule has 0 spiro atoms. The molecule has 0 aromatic heterocycles. The van der Waals surface area contributed by atoms with E-state index in [0.717, 1.165) is 18.9 Å². The molecule has 0 bridgehead atoms. The molecule has 90 valence electrons. The summed E-state index contributed by atoms with van der Waals surface area (Å²) in [4.78, 5) is 10.1. The van der Waals surface area contributed by atoms with Crippen molar-refractivity contribution in [2.45, 2.75) is 32.6 Å². The lowest BCUT2D eigenvalue weighted by molar-refractivity contribution is -0.109. The number of fused-ring (bicyclic) bond motifs is 1. The van der Waals surface area contributed by atoms with Crippen molar-refractivity contribution in [3.05, 3.63) is 11.6 Å². The third-order valence-electron chi connectivity index (χ3n) is 4.02. The molecular formula is C13H21NO2. The van der Waals surface area contributed by atoms with Gasteiger partial charge in [-0.3, -0.25) is 4.79 Å². The molecule has 1 amide bonds. The molecule has 0 radical (unpaired) electrons. The number of allylic oxidation sites excluding steroid dienone is 1. The number of nitrogens with one attached hydrogen (secondary N) is 1. The average molecular weight is 223 g/mol. The quantitative estimate of drug-likeness (QED) is 0.406. The van der Waals surface area contributed by atoms with Crippen LogP contribution in [0.4, 0.5) is 0 Å². The minimum absolute atomic E-state index is 0.377. The van der Waals surface area contributed by atoms with Crippen molar-refractivity contribution in [3.8, 4) is 0 Å². The van der Waals surface area contributed by atoms with Crippen LogP contribution in [-0.2, 0) is 9.53 Å². The molecule has 1 N–H and O–H groups in total. The number of ether oxygens (including phenoxy) is 1. The van der Waals surface area contributed by atoms with Crippen LogP contribution < -0.4 is 5.32 Å². The molecule has 2 aliphatic rings. The zero-order valence-electron chi connectivity index (χ0n) is 10.00. The summed E-state index contributed by atoms with van der Waals surface area (Å²) in [6.07, 6.45) is 8.20. The first-order valence-electron chi connectivity index (χ1n) is 6.28. The summed E-state index contributed by atoms with van der Waals surface area (Å²) in [6.45, 7) is 4.36. The third-order valence-corrected chi connectivity index (χ3v) is 4.02. The van der Waals surface area contributed by atoms with E-state index in [1.165, 1.54) is 25.7 Å². The summed E-state index contributed by atoms with van der Waals surface area (Å²) < 4.78 is 5.67. The fourth-order valence-corrected chi connectivity index (χ4v) is 3.17. The third kappa shape index (κ3) is 2.01. The van der Waals surface area contributed by atoms with E-state index in [1.807, 2.05) is 0 Å². The summed E-state index contributed by atoms with van der Waals surface area (Å²) in [6, 6.07) is 0. The molecule has 2 rings (SSSR count). The first-order chi connectivity index (χ1) is 7.82. The molecule has 3 nitrogen and oxygen atoms in total. The second kappa shape index (κ2) is 5.00. The smallest absolute Gasteiger partial charge is 0.207 e. The molecule has 3 heteroatoms. The molecular weight excluding hydrogens is 202 g/mol. The van der Waals surface area contributed by atoms with Crippen LogP contribution in [0.1, 0.15) is 32.6 Å². The summed E-state index contributed by atoms with van der Waals surface area (Å²) in [7, 11) is 0.